The Labute approximate surface area is 78.6 Å². The molecular formula is C10H15NO2. The molecule has 0 unspecified atom stereocenters. The largest absolute Gasteiger partial charge is 0.383 e. The first-order chi connectivity index (χ1) is 6.43. The van der Waals surface area contributed by atoms with Crippen molar-refractivity contribution >= 4 is 0 Å². The lowest BCUT2D eigenvalue weighted by atomic mass is 10.2. The SMILES string of the molecule is COCCNOCc1ccccc1. The number of rotatable bonds is 6. The van der Waals surface area contributed by atoms with Gasteiger partial charge < -0.3 is 4.74 Å². The fraction of sp³-hybridized carbons (Fsp3) is 0.400. The Balaban J connectivity index is 2.07. The zero-order valence-corrected chi connectivity index (χ0v) is 7.82. The van der Waals surface area contributed by atoms with Crippen LogP contribution in [0.25, 0.3) is 0 Å². The molecule has 0 saturated heterocycles. The van der Waals surface area contributed by atoms with Crippen molar-refractivity contribution < 1.29 is 9.57 Å². The Hall–Kier alpha value is -0.900. The van der Waals surface area contributed by atoms with Crippen LogP contribution in [0.1, 0.15) is 5.56 Å². The van der Waals surface area contributed by atoms with Crippen molar-refractivity contribution in [3.8, 4) is 0 Å². The van der Waals surface area contributed by atoms with Gasteiger partial charge >= 0.3 is 0 Å². The van der Waals surface area contributed by atoms with Crippen molar-refractivity contribution in [2.75, 3.05) is 20.3 Å². The second-order valence-corrected chi connectivity index (χ2v) is 2.66. The quantitative estimate of drug-likeness (QED) is 0.531. The van der Waals surface area contributed by atoms with Gasteiger partial charge in [0.2, 0.25) is 0 Å². The molecule has 3 heteroatoms. The van der Waals surface area contributed by atoms with Gasteiger partial charge in [-0.05, 0) is 5.56 Å². The van der Waals surface area contributed by atoms with Gasteiger partial charge in [0.1, 0.15) is 0 Å². The average molecular weight is 181 g/mol. The molecular weight excluding hydrogens is 166 g/mol. The molecule has 0 spiro atoms. The van der Waals surface area contributed by atoms with Gasteiger partial charge in [-0.25, -0.2) is 0 Å². The molecule has 72 valence electrons. The first kappa shape index (κ1) is 10.2. The zero-order valence-electron chi connectivity index (χ0n) is 7.82. The fourth-order valence-electron chi connectivity index (χ4n) is 0.924. The molecule has 1 rings (SSSR count). The van der Waals surface area contributed by atoms with E-state index in [1.165, 1.54) is 0 Å². The molecule has 0 fully saturated rings. The summed E-state index contributed by atoms with van der Waals surface area (Å²) in [5.41, 5.74) is 3.97. The predicted molar refractivity (Wildman–Crippen MR) is 51.1 cm³/mol. The molecule has 0 heterocycles. The van der Waals surface area contributed by atoms with Crippen LogP contribution in [0, 0.1) is 0 Å². The Bertz CT molecular complexity index is 213. The van der Waals surface area contributed by atoms with E-state index in [-0.39, 0.29) is 0 Å². The van der Waals surface area contributed by atoms with Crippen molar-refractivity contribution in [3.63, 3.8) is 0 Å². The standard InChI is InChI=1S/C10H15NO2/c1-12-8-7-11-13-9-10-5-3-2-4-6-10/h2-6,11H,7-9H2,1H3. The molecule has 0 amide bonds. The second-order valence-electron chi connectivity index (χ2n) is 2.66. The summed E-state index contributed by atoms with van der Waals surface area (Å²) in [7, 11) is 1.67. The zero-order chi connectivity index (χ0) is 9.36. The van der Waals surface area contributed by atoms with Crippen LogP contribution in [-0.4, -0.2) is 20.3 Å². The van der Waals surface area contributed by atoms with E-state index in [0.717, 1.165) is 5.56 Å². The highest BCUT2D eigenvalue weighted by Gasteiger charge is 1.90. The third-order valence-corrected chi connectivity index (χ3v) is 1.59. The number of hydrogen-bond donors (Lipinski definition) is 1. The normalized spacial score (nSPS) is 10.2. The maximum absolute atomic E-state index is 5.19. The first-order valence-electron chi connectivity index (χ1n) is 4.31. The molecule has 0 bridgehead atoms. The molecule has 1 N–H and O–H groups in total. The van der Waals surface area contributed by atoms with Crippen molar-refractivity contribution in [2.24, 2.45) is 0 Å². The van der Waals surface area contributed by atoms with Gasteiger partial charge in [0, 0.05) is 13.7 Å². The van der Waals surface area contributed by atoms with E-state index in [1.807, 2.05) is 30.3 Å². The van der Waals surface area contributed by atoms with E-state index >= 15 is 0 Å². The summed E-state index contributed by atoms with van der Waals surface area (Å²) in [6, 6.07) is 10.0. The van der Waals surface area contributed by atoms with Crippen LogP contribution < -0.4 is 5.48 Å². The molecule has 0 radical (unpaired) electrons. The lowest BCUT2D eigenvalue weighted by Crippen LogP contribution is -2.19. The van der Waals surface area contributed by atoms with Crippen LogP contribution in [0.15, 0.2) is 30.3 Å². The summed E-state index contributed by atoms with van der Waals surface area (Å²) in [5.74, 6) is 0. The maximum Gasteiger partial charge on any atom is 0.0933 e. The smallest absolute Gasteiger partial charge is 0.0933 e. The Morgan fingerprint density at radius 1 is 1.23 bits per heavy atom. The molecule has 0 saturated carbocycles. The van der Waals surface area contributed by atoms with Crippen LogP contribution in [0.5, 0.6) is 0 Å². The number of benzene rings is 1. The summed E-state index contributed by atoms with van der Waals surface area (Å²) >= 11 is 0. The summed E-state index contributed by atoms with van der Waals surface area (Å²) in [6.45, 7) is 1.96. The number of ether oxygens (including phenoxy) is 1. The van der Waals surface area contributed by atoms with E-state index in [2.05, 4.69) is 5.48 Å². The Kier molecular flexibility index (Phi) is 5.17. The molecule has 0 aliphatic rings. The summed E-state index contributed by atoms with van der Waals surface area (Å²) in [5, 5.41) is 0. The lowest BCUT2D eigenvalue weighted by molar-refractivity contribution is 0.0152. The summed E-state index contributed by atoms with van der Waals surface area (Å²) < 4.78 is 4.85. The minimum Gasteiger partial charge on any atom is -0.383 e. The Morgan fingerprint density at radius 2 is 2.00 bits per heavy atom. The first-order valence-corrected chi connectivity index (χ1v) is 4.31. The predicted octanol–water partition coefficient (Wildman–Crippen LogP) is 1.35. The average Bonchev–Trinajstić information content (AvgIpc) is 2.19. The molecule has 1 aromatic carbocycles. The van der Waals surface area contributed by atoms with Crippen molar-refractivity contribution in [3.05, 3.63) is 35.9 Å². The van der Waals surface area contributed by atoms with Crippen molar-refractivity contribution in [2.45, 2.75) is 6.61 Å². The molecule has 0 atom stereocenters. The molecule has 0 aliphatic heterocycles. The third-order valence-electron chi connectivity index (χ3n) is 1.59. The highest BCUT2D eigenvalue weighted by molar-refractivity contribution is 5.13. The summed E-state index contributed by atoms with van der Waals surface area (Å²) in [6.07, 6.45) is 0. The second kappa shape index (κ2) is 6.60. The van der Waals surface area contributed by atoms with Gasteiger partial charge in [-0.15, -0.1) is 0 Å². The van der Waals surface area contributed by atoms with Crippen molar-refractivity contribution in [1.29, 1.82) is 0 Å². The Morgan fingerprint density at radius 3 is 2.69 bits per heavy atom. The van der Waals surface area contributed by atoms with Crippen LogP contribution in [0.3, 0.4) is 0 Å². The lowest BCUT2D eigenvalue weighted by Gasteiger charge is -2.04. The van der Waals surface area contributed by atoms with E-state index in [1.54, 1.807) is 7.11 Å². The van der Waals surface area contributed by atoms with E-state index < -0.39 is 0 Å². The number of methoxy groups -OCH3 is 1. The van der Waals surface area contributed by atoms with Crippen LogP contribution in [0.4, 0.5) is 0 Å². The van der Waals surface area contributed by atoms with E-state index in [4.69, 9.17) is 9.57 Å². The van der Waals surface area contributed by atoms with Gasteiger partial charge in [0.05, 0.1) is 13.2 Å². The topological polar surface area (TPSA) is 30.5 Å². The van der Waals surface area contributed by atoms with Gasteiger partial charge in [-0.2, -0.15) is 5.48 Å². The minimum absolute atomic E-state index is 0.588. The van der Waals surface area contributed by atoms with Crippen LogP contribution in [0.2, 0.25) is 0 Å². The van der Waals surface area contributed by atoms with Crippen molar-refractivity contribution in [1.82, 2.24) is 5.48 Å². The molecule has 13 heavy (non-hydrogen) atoms. The highest BCUT2D eigenvalue weighted by Crippen LogP contribution is 1.98. The number of nitrogens with one attached hydrogen (secondary N) is 1. The van der Waals surface area contributed by atoms with Gasteiger partial charge in [-0.1, -0.05) is 30.3 Å². The van der Waals surface area contributed by atoms with Gasteiger partial charge in [0.25, 0.3) is 0 Å². The monoisotopic (exact) mass is 181 g/mol. The highest BCUT2D eigenvalue weighted by atomic mass is 16.6. The molecule has 3 nitrogen and oxygen atoms in total. The third kappa shape index (κ3) is 4.62. The minimum atomic E-state index is 0.588. The molecule has 0 aliphatic carbocycles. The summed E-state index contributed by atoms with van der Waals surface area (Å²) in [4.78, 5) is 5.19. The van der Waals surface area contributed by atoms with Crippen LogP contribution in [-0.2, 0) is 16.2 Å². The van der Waals surface area contributed by atoms with Gasteiger partial charge in [0.15, 0.2) is 0 Å². The maximum atomic E-state index is 5.19. The number of hydrogen-bond acceptors (Lipinski definition) is 3. The molecule has 0 aromatic heterocycles. The van der Waals surface area contributed by atoms with E-state index in [0.29, 0.717) is 19.8 Å². The van der Waals surface area contributed by atoms with Gasteiger partial charge in [-0.3, -0.25) is 4.84 Å². The number of hydroxylamine groups is 1. The fourth-order valence-corrected chi connectivity index (χ4v) is 0.924. The van der Waals surface area contributed by atoms with Crippen LogP contribution >= 0.6 is 0 Å². The molecule has 1 aromatic rings. The van der Waals surface area contributed by atoms with E-state index in [9.17, 15) is 0 Å².